The molecule has 30 heavy (non-hydrogen) atoms. The molecule has 1 amide bonds. The van der Waals surface area contributed by atoms with E-state index in [9.17, 15) is 21.6 Å². The van der Waals surface area contributed by atoms with Crippen LogP contribution in [0.5, 0.6) is 0 Å². The lowest BCUT2D eigenvalue weighted by atomic mass is 10.2. The second-order valence-electron chi connectivity index (χ2n) is 6.34. The molecule has 0 saturated carbocycles. The van der Waals surface area contributed by atoms with Crippen molar-refractivity contribution in [2.24, 2.45) is 0 Å². The first-order valence-electron chi connectivity index (χ1n) is 9.14. The lowest BCUT2D eigenvalue weighted by Gasteiger charge is -2.18. The molecule has 0 fully saturated rings. The van der Waals surface area contributed by atoms with Gasteiger partial charge in [-0.05, 0) is 61.8 Å². The summed E-state index contributed by atoms with van der Waals surface area (Å²) in [5.74, 6) is 0.0440. The van der Waals surface area contributed by atoms with E-state index in [2.05, 4.69) is 14.8 Å². The summed E-state index contributed by atoms with van der Waals surface area (Å²) < 4.78 is 53.3. The zero-order valence-electron chi connectivity index (χ0n) is 16.7. The van der Waals surface area contributed by atoms with Crippen molar-refractivity contribution >= 4 is 49.1 Å². The normalized spacial score (nSPS) is 12.9. The molecular formula is C19H25N3O5S3. The van der Waals surface area contributed by atoms with Crippen LogP contribution in [0.25, 0.3) is 0 Å². The zero-order valence-corrected chi connectivity index (χ0v) is 19.1. The maximum atomic E-state index is 12.7. The second-order valence-corrected chi connectivity index (χ2v) is 11.1. The first kappa shape index (κ1) is 24.2. The monoisotopic (exact) mass is 471 g/mol. The summed E-state index contributed by atoms with van der Waals surface area (Å²) in [5, 5.41) is 2.68. The van der Waals surface area contributed by atoms with E-state index in [1.165, 1.54) is 43.0 Å². The van der Waals surface area contributed by atoms with E-state index in [0.29, 0.717) is 23.5 Å². The van der Waals surface area contributed by atoms with Gasteiger partial charge in [-0.15, -0.1) is 0 Å². The Balaban J connectivity index is 2.11. The molecule has 0 spiro atoms. The van der Waals surface area contributed by atoms with E-state index in [4.69, 9.17) is 0 Å². The number of benzene rings is 2. The Morgan fingerprint density at radius 1 is 0.967 bits per heavy atom. The van der Waals surface area contributed by atoms with Gasteiger partial charge in [0.1, 0.15) is 6.04 Å². The van der Waals surface area contributed by atoms with Crippen molar-refractivity contribution in [1.82, 2.24) is 4.72 Å². The number of nitrogens with one attached hydrogen (secondary N) is 3. The lowest BCUT2D eigenvalue weighted by molar-refractivity contribution is -0.117. The van der Waals surface area contributed by atoms with Crippen molar-refractivity contribution in [2.45, 2.75) is 24.3 Å². The Morgan fingerprint density at radius 3 is 2.13 bits per heavy atom. The van der Waals surface area contributed by atoms with Gasteiger partial charge in [0.2, 0.25) is 26.0 Å². The molecule has 11 heteroatoms. The molecule has 0 heterocycles. The Labute approximate surface area is 181 Å². The number of hydrogen-bond acceptors (Lipinski definition) is 6. The summed E-state index contributed by atoms with van der Waals surface area (Å²) in [6.07, 6.45) is 2.18. The number of sulfonamides is 2. The quantitative estimate of drug-likeness (QED) is 0.463. The lowest BCUT2D eigenvalue weighted by Crippen LogP contribution is -2.44. The van der Waals surface area contributed by atoms with E-state index >= 15 is 0 Å². The summed E-state index contributed by atoms with van der Waals surface area (Å²) in [5.41, 5.74) is 0.797. The van der Waals surface area contributed by atoms with E-state index in [1.807, 2.05) is 6.26 Å². The molecule has 0 aromatic heterocycles. The highest BCUT2D eigenvalue weighted by molar-refractivity contribution is 7.98. The maximum Gasteiger partial charge on any atom is 0.242 e. The van der Waals surface area contributed by atoms with Crippen molar-refractivity contribution in [2.75, 3.05) is 27.8 Å². The summed E-state index contributed by atoms with van der Waals surface area (Å²) in [6, 6.07) is 13.0. The largest absolute Gasteiger partial charge is 0.325 e. The van der Waals surface area contributed by atoms with Crippen LogP contribution in [-0.2, 0) is 24.8 Å². The maximum absolute atomic E-state index is 12.7. The molecule has 0 bridgehead atoms. The molecule has 0 radical (unpaired) electrons. The molecular weight excluding hydrogens is 446 g/mol. The van der Waals surface area contributed by atoms with Gasteiger partial charge in [-0.1, -0.05) is 18.2 Å². The molecule has 1 atom stereocenters. The molecule has 0 aliphatic carbocycles. The molecule has 0 aliphatic heterocycles. The Hall–Kier alpha value is -2.08. The Bertz CT molecular complexity index is 1040. The standard InChI is InChI=1S/C19H25N3O5S3/c1-3-29(24,25)21-16-11-9-15(10-12-16)20-19(23)18(13-14-28-2)22-30(26,27)17-7-5-4-6-8-17/h4-12,18,21-22H,3,13-14H2,1-2H3,(H,20,23). The third-order valence-corrected chi connectivity index (χ3v) is 7.52. The fourth-order valence-corrected chi connectivity index (χ4v) is 4.80. The molecule has 8 nitrogen and oxygen atoms in total. The molecule has 2 aromatic rings. The second kappa shape index (κ2) is 10.8. The first-order valence-corrected chi connectivity index (χ1v) is 13.7. The number of carbonyl (C=O) groups is 1. The average Bonchev–Trinajstić information content (AvgIpc) is 2.73. The van der Waals surface area contributed by atoms with Crippen molar-refractivity contribution < 1.29 is 21.6 Å². The number of hydrogen-bond donors (Lipinski definition) is 3. The third-order valence-electron chi connectivity index (χ3n) is 4.08. The van der Waals surface area contributed by atoms with Crippen LogP contribution in [0.1, 0.15) is 13.3 Å². The summed E-state index contributed by atoms with van der Waals surface area (Å²) in [6.45, 7) is 1.53. The van der Waals surface area contributed by atoms with Gasteiger partial charge in [-0.3, -0.25) is 9.52 Å². The fourth-order valence-electron chi connectivity index (χ4n) is 2.44. The molecule has 3 N–H and O–H groups in total. The van der Waals surface area contributed by atoms with Crippen molar-refractivity contribution in [1.29, 1.82) is 0 Å². The van der Waals surface area contributed by atoms with Crippen molar-refractivity contribution in [3.8, 4) is 0 Å². The highest BCUT2D eigenvalue weighted by atomic mass is 32.2. The predicted octanol–water partition coefficient (Wildman–Crippen LogP) is 2.49. The van der Waals surface area contributed by atoms with Crippen LogP contribution in [0.4, 0.5) is 11.4 Å². The van der Waals surface area contributed by atoms with E-state index in [1.54, 1.807) is 30.3 Å². The van der Waals surface area contributed by atoms with Crippen LogP contribution in [0.3, 0.4) is 0 Å². The fraction of sp³-hybridized carbons (Fsp3) is 0.316. The Morgan fingerprint density at radius 2 is 1.57 bits per heavy atom. The number of thioether (sulfide) groups is 1. The molecule has 0 aliphatic rings. The summed E-state index contributed by atoms with van der Waals surface area (Å²) in [4.78, 5) is 12.8. The number of carbonyl (C=O) groups excluding carboxylic acids is 1. The molecule has 1 unspecified atom stereocenters. The molecule has 2 aromatic carbocycles. The van der Waals surface area contributed by atoms with E-state index < -0.39 is 32.0 Å². The van der Waals surface area contributed by atoms with Crippen molar-refractivity contribution in [3.63, 3.8) is 0 Å². The van der Waals surface area contributed by atoms with Crippen LogP contribution in [0, 0.1) is 0 Å². The van der Waals surface area contributed by atoms with Crippen molar-refractivity contribution in [3.05, 3.63) is 54.6 Å². The zero-order chi connectivity index (χ0) is 22.2. The Kier molecular flexibility index (Phi) is 8.71. The molecule has 2 rings (SSSR count). The van der Waals surface area contributed by atoms with Gasteiger partial charge < -0.3 is 5.32 Å². The van der Waals surface area contributed by atoms with Gasteiger partial charge in [0, 0.05) is 11.4 Å². The van der Waals surface area contributed by atoms with Gasteiger partial charge in [-0.25, -0.2) is 16.8 Å². The third kappa shape index (κ3) is 7.31. The highest BCUT2D eigenvalue weighted by Crippen LogP contribution is 2.17. The number of anilines is 2. The van der Waals surface area contributed by atoms with Gasteiger partial charge in [0.25, 0.3) is 0 Å². The smallest absolute Gasteiger partial charge is 0.242 e. The molecule has 164 valence electrons. The van der Waals surface area contributed by atoms with Gasteiger partial charge >= 0.3 is 0 Å². The SMILES string of the molecule is CCS(=O)(=O)Nc1ccc(NC(=O)C(CCSC)NS(=O)(=O)c2ccccc2)cc1. The number of amides is 1. The molecule has 0 saturated heterocycles. The summed E-state index contributed by atoms with van der Waals surface area (Å²) >= 11 is 1.50. The highest BCUT2D eigenvalue weighted by Gasteiger charge is 2.25. The van der Waals surface area contributed by atoms with Crippen LogP contribution in [0.2, 0.25) is 0 Å². The topological polar surface area (TPSA) is 121 Å². The minimum atomic E-state index is -3.85. The van der Waals surface area contributed by atoms with Gasteiger partial charge in [0.15, 0.2) is 0 Å². The minimum absolute atomic E-state index is 0.0514. The van der Waals surface area contributed by atoms with Crippen LogP contribution >= 0.6 is 11.8 Å². The van der Waals surface area contributed by atoms with Gasteiger partial charge in [0.05, 0.1) is 10.6 Å². The van der Waals surface area contributed by atoms with E-state index in [-0.39, 0.29) is 10.6 Å². The van der Waals surface area contributed by atoms with Gasteiger partial charge in [-0.2, -0.15) is 16.5 Å². The van der Waals surface area contributed by atoms with Crippen LogP contribution in [-0.4, -0.2) is 46.5 Å². The predicted molar refractivity (Wildman–Crippen MR) is 122 cm³/mol. The number of rotatable bonds is 11. The van der Waals surface area contributed by atoms with E-state index in [0.717, 1.165) is 0 Å². The van der Waals surface area contributed by atoms with Crippen LogP contribution in [0.15, 0.2) is 59.5 Å². The van der Waals surface area contributed by atoms with Crippen LogP contribution < -0.4 is 14.8 Å². The average molecular weight is 472 g/mol. The summed E-state index contributed by atoms with van der Waals surface area (Å²) in [7, 11) is -7.25. The minimum Gasteiger partial charge on any atom is -0.325 e. The first-order chi connectivity index (χ1) is 14.2.